The SMILES string of the molecule is O=C(Nc1ccccn1)[C@@H]1CC(=O)N(CCc2ccc(F)cc2)C1. The van der Waals surface area contributed by atoms with Crippen molar-refractivity contribution in [2.45, 2.75) is 12.8 Å². The number of carbonyl (C=O) groups excluding carboxylic acids is 2. The molecule has 1 aliphatic heterocycles. The van der Waals surface area contributed by atoms with Crippen LogP contribution in [0.1, 0.15) is 12.0 Å². The minimum absolute atomic E-state index is 0.0294. The molecular weight excluding hydrogens is 309 g/mol. The number of hydrogen-bond donors (Lipinski definition) is 1. The zero-order valence-electron chi connectivity index (χ0n) is 13.1. The number of pyridine rings is 1. The first-order valence-electron chi connectivity index (χ1n) is 7.86. The van der Waals surface area contributed by atoms with E-state index in [1.54, 1.807) is 41.4 Å². The van der Waals surface area contributed by atoms with Gasteiger partial charge in [-0.25, -0.2) is 9.37 Å². The van der Waals surface area contributed by atoms with E-state index in [1.807, 2.05) is 0 Å². The number of benzene rings is 1. The molecule has 2 heterocycles. The smallest absolute Gasteiger partial charge is 0.230 e. The number of halogens is 1. The van der Waals surface area contributed by atoms with E-state index in [2.05, 4.69) is 10.3 Å². The molecule has 6 heteroatoms. The van der Waals surface area contributed by atoms with Crippen LogP contribution in [-0.2, 0) is 16.0 Å². The van der Waals surface area contributed by atoms with Gasteiger partial charge in [-0.05, 0) is 36.2 Å². The van der Waals surface area contributed by atoms with Crippen LogP contribution in [0.5, 0.6) is 0 Å². The average molecular weight is 327 g/mol. The van der Waals surface area contributed by atoms with Crippen LogP contribution in [-0.4, -0.2) is 34.8 Å². The number of aromatic nitrogens is 1. The van der Waals surface area contributed by atoms with E-state index in [0.29, 0.717) is 25.3 Å². The van der Waals surface area contributed by atoms with Gasteiger partial charge in [0.25, 0.3) is 0 Å². The normalized spacial score (nSPS) is 17.1. The van der Waals surface area contributed by atoms with Crippen molar-refractivity contribution in [3.8, 4) is 0 Å². The minimum atomic E-state index is -0.368. The summed E-state index contributed by atoms with van der Waals surface area (Å²) in [5.74, 6) is -0.376. The summed E-state index contributed by atoms with van der Waals surface area (Å²) in [5.41, 5.74) is 0.964. The summed E-state index contributed by atoms with van der Waals surface area (Å²) < 4.78 is 12.9. The summed E-state index contributed by atoms with van der Waals surface area (Å²) in [6.45, 7) is 0.927. The predicted octanol–water partition coefficient (Wildman–Crippen LogP) is 2.25. The summed E-state index contributed by atoms with van der Waals surface area (Å²) in [7, 11) is 0. The number of nitrogens with one attached hydrogen (secondary N) is 1. The lowest BCUT2D eigenvalue weighted by Crippen LogP contribution is -2.30. The molecule has 1 aliphatic rings. The van der Waals surface area contributed by atoms with Crippen LogP contribution in [0.4, 0.5) is 10.2 Å². The van der Waals surface area contributed by atoms with Crippen LogP contribution in [0, 0.1) is 11.7 Å². The summed E-state index contributed by atoms with van der Waals surface area (Å²) in [5, 5.41) is 2.73. The van der Waals surface area contributed by atoms with Gasteiger partial charge < -0.3 is 10.2 Å². The molecule has 5 nitrogen and oxygen atoms in total. The van der Waals surface area contributed by atoms with Crippen molar-refractivity contribution in [3.05, 3.63) is 60.0 Å². The van der Waals surface area contributed by atoms with Gasteiger partial charge in [0.15, 0.2) is 0 Å². The van der Waals surface area contributed by atoms with Crippen molar-refractivity contribution < 1.29 is 14.0 Å². The zero-order valence-corrected chi connectivity index (χ0v) is 13.1. The highest BCUT2D eigenvalue weighted by atomic mass is 19.1. The molecular formula is C18H18FN3O2. The number of likely N-dealkylation sites (tertiary alicyclic amines) is 1. The second-order valence-corrected chi connectivity index (χ2v) is 5.82. The summed E-state index contributed by atoms with van der Waals surface area (Å²) in [6.07, 6.45) is 2.45. The Kier molecular flexibility index (Phi) is 4.84. The highest BCUT2D eigenvalue weighted by Crippen LogP contribution is 2.20. The molecule has 2 aromatic rings. The van der Waals surface area contributed by atoms with Gasteiger partial charge in [0.1, 0.15) is 11.6 Å². The Morgan fingerprint density at radius 1 is 1.25 bits per heavy atom. The van der Waals surface area contributed by atoms with Crippen LogP contribution in [0.3, 0.4) is 0 Å². The van der Waals surface area contributed by atoms with E-state index in [9.17, 15) is 14.0 Å². The third kappa shape index (κ3) is 3.95. The van der Waals surface area contributed by atoms with E-state index in [-0.39, 0.29) is 30.0 Å². The standard InChI is InChI=1S/C18H18FN3O2/c19-15-6-4-13(5-7-15)8-10-22-12-14(11-17(22)23)18(24)21-16-3-1-2-9-20-16/h1-7,9,14H,8,10-12H2,(H,20,21,24)/t14-/m1/s1. The van der Waals surface area contributed by atoms with Crippen molar-refractivity contribution in [3.63, 3.8) is 0 Å². The van der Waals surface area contributed by atoms with Crippen molar-refractivity contribution in [2.24, 2.45) is 5.92 Å². The van der Waals surface area contributed by atoms with Gasteiger partial charge in [-0.15, -0.1) is 0 Å². The fourth-order valence-electron chi connectivity index (χ4n) is 2.74. The lowest BCUT2D eigenvalue weighted by Gasteiger charge is -2.16. The molecule has 1 aromatic heterocycles. The fourth-order valence-corrected chi connectivity index (χ4v) is 2.74. The van der Waals surface area contributed by atoms with Crippen molar-refractivity contribution in [1.82, 2.24) is 9.88 Å². The van der Waals surface area contributed by atoms with Crippen LogP contribution < -0.4 is 5.32 Å². The van der Waals surface area contributed by atoms with E-state index in [1.165, 1.54) is 12.1 Å². The molecule has 0 bridgehead atoms. The molecule has 1 fully saturated rings. The Morgan fingerprint density at radius 3 is 2.75 bits per heavy atom. The number of carbonyl (C=O) groups is 2. The fraction of sp³-hybridized carbons (Fsp3) is 0.278. The quantitative estimate of drug-likeness (QED) is 0.916. The molecule has 0 radical (unpaired) electrons. The number of hydrogen-bond acceptors (Lipinski definition) is 3. The highest BCUT2D eigenvalue weighted by molar-refractivity contribution is 5.96. The second-order valence-electron chi connectivity index (χ2n) is 5.82. The minimum Gasteiger partial charge on any atom is -0.342 e. The highest BCUT2D eigenvalue weighted by Gasteiger charge is 2.34. The van der Waals surface area contributed by atoms with Gasteiger partial charge in [-0.3, -0.25) is 9.59 Å². The second kappa shape index (κ2) is 7.21. The monoisotopic (exact) mass is 327 g/mol. The van der Waals surface area contributed by atoms with E-state index >= 15 is 0 Å². The molecule has 0 saturated carbocycles. The molecule has 1 N–H and O–H groups in total. The molecule has 1 atom stereocenters. The molecule has 0 spiro atoms. The Morgan fingerprint density at radius 2 is 2.04 bits per heavy atom. The van der Waals surface area contributed by atoms with Crippen LogP contribution in [0.15, 0.2) is 48.7 Å². The van der Waals surface area contributed by atoms with Crippen molar-refractivity contribution in [2.75, 3.05) is 18.4 Å². The maximum atomic E-state index is 12.9. The summed E-state index contributed by atoms with van der Waals surface area (Å²) >= 11 is 0. The first kappa shape index (κ1) is 16.1. The lowest BCUT2D eigenvalue weighted by atomic mass is 10.1. The molecule has 3 rings (SSSR count). The molecule has 1 saturated heterocycles. The number of amides is 2. The number of nitrogens with zero attached hydrogens (tertiary/aromatic N) is 2. The Labute approximate surface area is 139 Å². The van der Waals surface area contributed by atoms with Gasteiger partial charge in [0, 0.05) is 25.7 Å². The Hall–Kier alpha value is -2.76. The van der Waals surface area contributed by atoms with Crippen molar-refractivity contribution in [1.29, 1.82) is 0 Å². The number of anilines is 1. The third-order valence-electron chi connectivity index (χ3n) is 4.09. The van der Waals surface area contributed by atoms with Crippen LogP contribution >= 0.6 is 0 Å². The maximum Gasteiger partial charge on any atom is 0.230 e. The number of rotatable bonds is 5. The van der Waals surface area contributed by atoms with Crippen molar-refractivity contribution >= 4 is 17.6 Å². The van der Waals surface area contributed by atoms with E-state index in [0.717, 1.165) is 5.56 Å². The average Bonchev–Trinajstić information content (AvgIpc) is 2.96. The molecule has 2 amide bonds. The molecule has 0 aliphatic carbocycles. The van der Waals surface area contributed by atoms with Gasteiger partial charge in [0.05, 0.1) is 5.92 Å². The molecule has 1 aromatic carbocycles. The van der Waals surface area contributed by atoms with Gasteiger partial charge >= 0.3 is 0 Å². The molecule has 124 valence electrons. The topological polar surface area (TPSA) is 62.3 Å². The predicted molar refractivity (Wildman–Crippen MR) is 87.7 cm³/mol. The summed E-state index contributed by atoms with van der Waals surface area (Å²) in [4.78, 5) is 30.1. The molecule has 0 unspecified atom stereocenters. The van der Waals surface area contributed by atoms with E-state index in [4.69, 9.17) is 0 Å². The first-order chi connectivity index (χ1) is 11.6. The Bertz CT molecular complexity index is 719. The summed E-state index contributed by atoms with van der Waals surface area (Å²) in [6, 6.07) is 11.5. The lowest BCUT2D eigenvalue weighted by molar-refractivity contribution is -0.128. The van der Waals surface area contributed by atoms with E-state index < -0.39 is 0 Å². The maximum absolute atomic E-state index is 12.9. The third-order valence-corrected chi connectivity index (χ3v) is 4.09. The van der Waals surface area contributed by atoms with Crippen LogP contribution in [0.2, 0.25) is 0 Å². The first-order valence-corrected chi connectivity index (χ1v) is 7.86. The molecule has 24 heavy (non-hydrogen) atoms. The Balaban J connectivity index is 1.53. The zero-order chi connectivity index (χ0) is 16.9. The van der Waals surface area contributed by atoms with Gasteiger partial charge in [-0.1, -0.05) is 18.2 Å². The van der Waals surface area contributed by atoms with Gasteiger partial charge in [-0.2, -0.15) is 0 Å². The largest absolute Gasteiger partial charge is 0.342 e. The van der Waals surface area contributed by atoms with Crippen LogP contribution in [0.25, 0.3) is 0 Å². The van der Waals surface area contributed by atoms with Gasteiger partial charge in [0.2, 0.25) is 11.8 Å².